The van der Waals surface area contributed by atoms with Crippen molar-refractivity contribution < 1.29 is 4.39 Å². The number of aromatic nitrogens is 1. The standard InChI is InChI=1S/C14H15FN2/c1-11(13-5-7-16-8-6-13)17-10-12-3-2-4-14(15)9-12/h2-9,11,17H,10H2,1H3/t11-/m0/s1. The van der Waals surface area contributed by atoms with Crippen molar-refractivity contribution in [3.05, 3.63) is 65.7 Å². The summed E-state index contributed by atoms with van der Waals surface area (Å²) in [6.45, 7) is 2.73. The number of halogens is 1. The molecule has 0 radical (unpaired) electrons. The molecule has 1 N–H and O–H groups in total. The third kappa shape index (κ3) is 3.36. The number of rotatable bonds is 4. The van der Waals surface area contributed by atoms with Crippen molar-refractivity contribution in [1.82, 2.24) is 10.3 Å². The second kappa shape index (κ2) is 5.55. The van der Waals surface area contributed by atoms with Crippen molar-refractivity contribution in [3.8, 4) is 0 Å². The van der Waals surface area contributed by atoms with E-state index in [9.17, 15) is 4.39 Å². The SMILES string of the molecule is C[C@H](NCc1cccc(F)c1)c1ccncc1. The summed E-state index contributed by atoms with van der Waals surface area (Å²) in [5, 5.41) is 3.35. The predicted molar refractivity (Wildman–Crippen MR) is 65.9 cm³/mol. The maximum absolute atomic E-state index is 13.0. The molecule has 3 heteroatoms. The quantitative estimate of drug-likeness (QED) is 0.873. The highest BCUT2D eigenvalue weighted by atomic mass is 19.1. The second-order valence-corrected chi connectivity index (χ2v) is 4.01. The maximum Gasteiger partial charge on any atom is 0.123 e. The van der Waals surface area contributed by atoms with Crippen LogP contribution in [0.15, 0.2) is 48.8 Å². The third-order valence-electron chi connectivity index (χ3n) is 2.71. The molecule has 0 amide bonds. The van der Waals surface area contributed by atoms with Crippen molar-refractivity contribution in [1.29, 1.82) is 0 Å². The first-order valence-corrected chi connectivity index (χ1v) is 5.63. The van der Waals surface area contributed by atoms with Crippen LogP contribution in [-0.2, 0) is 6.54 Å². The van der Waals surface area contributed by atoms with Crippen LogP contribution in [0, 0.1) is 5.82 Å². The Morgan fingerprint density at radius 3 is 2.71 bits per heavy atom. The molecular weight excluding hydrogens is 215 g/mol. The Kier molecular flexibility index (Phi) is 3.83. The first-order valence-electron chi connectivity index (χ1n) is 5.63. The van der Waals surface area contributed by atoms with Gasteiger partial charge in [-0.25, -0.2) is 4.39 Å². The number of benzene rings is 1. The van der Waals surface area contributed by atoms with Crippen LogP contribution in [0.2, 0.25) is 0 Å². The van der Waals surface area contributed by atoms with E-state index >= 15 is 0 Å². The monoisotopic (exact) mass is 230 g/mol. The minimum atomic E-state index is -0.194. The molecule has 0 aliphatic heterocycles. The smallest absolute Gasteiger partial charge is 0.123 e. The zero-order valence-corrected chi connectivity index (χ0v) is 9.73. The number of hydrogen-bond acceptors (Lipinski definition) is 2. The fourth-order valence-corrected chi connectivity index (χ4v) is 1.69. The van der Waals surface area contributed by atoms with Crippen LogP contribution >= 0.6 is 0 Å². The van der Waals surface area contributed by atoms with Crippen LogP contribution in [0.1, 0.15) is 24.1 Å². The Hall–Kier alpha value is -1.74. The molecule has 0 unspecified atom stereocenters. The molecule has 1 heterocycles. The largest absolute Gasteiger partial charge is 0.306 e. The summed E-state index contributed by atoms with van der Waals surface area (Å²) < 4.78 is 13.0. The first-order chi connectivity index (χ1) is 8.25. The Bertz CT molecular complexity index is 471. The molecule has 1 atom stereocenters. The lowest BCUT2D eigenvalue weighted by Crippen LogP contribution is -2.18. The van der Waals surface area contributed by atoms with Crippen molar-refractivity contribution in [2.75, 3.05) is 0 Å². The van der Waals surface area contributed by atoms with Gasteiger partial charge in [0.1, 0.15) is 5.82 Å². The van der Waals surface area contributed by atoms with Crippen LogP contribution in [0.3, 0.4) is 0 Å². The van der Waals surface area contributed by atoms with E-state index in [1.165, 1.54) is 11.6 Å². The lowest BCUT2D eigenvalue weighted by Gasteiger charge is -2.13. The Morgan fingerprint density at radius 2 is 2.00 bits per heavy atom. The minimum Gasteiger partial charge on any atom is -0.306 e. The molecule has 0 fully saturated rings. The zero-order valence-electron chi connectivity index (χ0n) is 9.73. The fourth-order valence-electron chi connectivity index (χ4n) is 1.69. The Balaban J connectivity index is 1.95. The van der Waals surface area contributed by atoms with E-state index in [2.05, 4.69) is 17.2 Å². The molecule has 0 spiro atoms. The highest BCUT2D eigenvalue weighted by Gasteiger charge is 2.04. The minimum absolute atomic E-state index is 0.194. The molecule has 0 aliphatic rings. The normalized spacial score (nSPS) is 12.4. The predicted octanol–water partition coefficient (Wildman–Crippen LogP) is 3.07. The Labute approximate surface area is 101 Å². The Morgan fingerprint density at radius 1 is 1.24 bits per heavy atom. The van der Waals surface area contributed by atoms with E-state index in [4.69, 9.17) is 0 Å². The van der Waals surface area contributed by atoms with Gasteiger partial charge in [-0.15, -0.1) is 0 Å². The molecule has 1 aromatic heterocycles. The number of nitrogens with zero attached hydrogens (tertiary/aromatic N) is 1. The highest BCUT2D eigenvalue weighted by molar-refractivity contribution is 5.18. The molecule has 1 aromatic carbocycles. The average molecular weight is 230 g/mol. The van der Waals surface area contributed by atoms with Crippen molar-refractivity contribution in [2.45, 2.75) is 19.5 Å². The van der Waals surface area contributed by atoms with Crippen LogP contribution in [0.4, 0.5) is 4.39 Å². The molecule has 0 aliphatic carbocycles. The topological polar surface area (TPSA) is 24.9 Å². The van der Waals surface area contributed by atoms with Gasteiger partial charge >= 0.3 is 0 Å². The van der Waals surface area contributed by atoms with Gasteiger partial charge in [-0.3, -0.25) is 4.98 Å². The van der Waals surface area contributed by atoms with Gasteiger partial charge in [0.05, 0.1) is 0 Å². The van der Waals surface area contributed by atoms with E-state index < -0.39 is 0 Å². The van der Waals surface area contributed by atoms with Gasteiger partial charge < -0.3 is 5.32 Å². The summed E-state index contributed by atoms with van der Waals surface area (Å²) in [6, 6.07) is 10.8. The molecule has 0 saturated carbocycles. The average Bonchev–Trinajstić information content (AvgIpc) is 2.37. The van der Waals surface area contributed by atoms with Crippen LogP contribution in [-0.4, -0.2) is 4.98 Å². The van der Waals surface area contributed by atoms with Crippen LogP contribution in [0.25, 0.3) is 0 Å². The van der Waals surface area contributed by atoms with Crippen molar-refractivity contribution >= 4 is 0 Å². The number of nitrogens with one attached hydrogen (secondary N) is 1. The van der Waals surface area contributed by atoms with Crippen molar-refractivity contribution in [3.63, 3.8) is 0 Å². The molecule has 0 saturated heterocycles. The number of pyridine rings is 1. The lowest BCUT2D eigenvalue weighted by atomic mass is 10.1. The van der Waals surface area contributed by atoms with E-state index in [-0.39, 0.29) is 11.9 Å². The summed E-state index contributed by atoms with van der Waals surface area (Å²) in [6.07, 6.45) is 3.55. The number of hydrogen-bond donors (Lipinski definition) is 1. The van der Waals surface area contributed by atoms with E-state index in [0.717, 1.165) is 5.56 Å². The molecule has 2 aromatic rings. The highest BCUT2D eigenvalue weighted by Crippen LogP contribution is 2.11. The van der Waals surface area contributed by atoms with Gasteiger partial charge in [0.15, 0.2) is 0 Å². The van der Waals surface area contributed by atoms with Gasteiger partial charge in [-0.2, -0.15) is 0 Å². The van der Waals surface area contributed by atoms with E-state index in [1.807, 2.05) is 18.2 Å². The summed E-state index contributed by atoms with van der Waals surface area (Å²) in [5.74, 6) is -0.194. The van der Waals surface area contributed by atoms with Gasteiger partial charge in [-0.1, -0.05) is 12.1 Å². The zero-order chi connectivity index (χ0) is 12.1. The fraction of sp³-hybridized carbons (Fsp3) is 0.214. The molecule has 2 nitrogen and oxygen atoms in total. The molecule has 17 heavy (non-hydrogen) atoms. The van der Waals surface area contributed by atoms with Crippen LogP contribution < -0.4 is 5.32 Å². The summed E-state index contributed by atoms with van der Waals surface area (Å²) in [4.78, 5) is 3.98. The maximum atomic E-state index is 13.0. The van der Waals surface area contributed by atoms with Gasteiger partial charge in [0, 0.05) is 25.0 Å². The van der Waals surface area contributed by atoms with E-state index in [1.54, 1.807) is 24.5 Å². The summed E-state index contributed by atoms with van der Waals surface area (Å²) >= 11 is 0. The molecular formula is C14H15FN2. The summed E-state index contributed by atoms with van der Waals surface area (Å²) in [7, 11) is 0. The molecule has 0 bridgehead atoms. The third-order valence-corrected chi connectivity index (χ3v) is 2.71. The van der Waals surface area contributed by atoms with Gasteiger partial charge in [0.2, 0.25) is 0 Å². The summed E-state index contributed by atoms with van der Waals surface area (Å²) in [5.41, 5.74) is 2.13. The van der Waals surface area contributed by atoms with Crippen molar-refractivity contribution in [2.24, 2.45) is 0 Å². The molecule has 2 rings (SSSR count). The van der Waals surface area contributed by atoms with Gasteiger partial charge in [0.25, 0.3) is 0 Å². The van der Waals surface area contributed by atoms with Gasteiger partial charge in [-0.05, 0) is 42.3 Å². The lowest BCUT2D eigenvalue weighted by molar-refractivity contribution is 0.569. The van der Waals surface area contributed by atoms with Crippen LogP contribution in [0.5, 0.6) is 0 Å². The molecule has 88 valence electrons. The second-order valence-electron chi connectivity index (χ2n) is 4.01. The van der Waals surface area contributed by atoms with E-state index in [0.29, 0.717) is 6.54 Å². The first kappa shape index (κ1) is 11.7.